The molecule has 0 saturated carbocycles. The van der Waals surface area contributed by atoms with Gasteiger partial charge in [0.2, 0.25) is 0 Å². The molecular formula is C72H54N6. The van der Waals surface area contributed by atoms with Crippen LogP contribution in [0, 0.1) is 0 Å². The standard InChI is InChI=1S/C72H54N6/c1-3-49-33-34-50(4-2)70-69(49)73-71(51-35-39-57(40-36-51)75(53-21-9-5-10-22-53)59-43-45-67-63(47-59)61-29-17-19-31-65(61)77(67)55-25-13-7-14-26-55)72(74-70)52-37-41-58(42-38-52)76(54-23-11-6-12-24-54)60-44-46-68-64(48-60)62-30-18-20-32-66(62)78(68)56-27-15-8-16-28-56/h5-48H,3-4H2,1-2H3. The Morgan fingerprint density at radius 3 is 1.00 bits per heavy atom. The van der Waals surface area contributed by atoms with Crippen LogP contribution in [-0.2, 0) is 12.8 Å². The molecule has 14 rings (SSSR count). The maximum Gasteiger partial charge on any atom is 0.0973 e. The Morgan fingerprint density at radius 1 is 0.295 bits per heavy atom. The van der Waals surface area contributed by atoms with Crippen LogP contribution >= 0.6 is 0 Å². The second kappa shape index (κ2) is 19.6. The summed E-state index contributed by atoms with van der Waals surface area (Å²) in [6.07, 6.45) is 1.71. The summed E-state index contributed by atoms with van der Waals surface area (Å²) in [5.74, 6) is 0. The quantitative estimate of drug-likeness (QED) is 0.122. The molecule has 3 heterocycles. The van der Waals surface area contributed by atoms with Crippen LogP contribution in [0.15, 0.2) is 267 Å². The average Bonchev–Trinajstić information content (AvgIpc) is 4.19. The number of nitrogens with zero attached hydrogens (tertiary/aromatic N) is 6. The molecule has 78 heavy (non-hydrogen) atoms. The lowest BCUT2D eigenvalue weighted by Crippen LogP contribution is -2.10. The molecule has 0 unspecified atom stereocenters. The Kier molecular flexibility index (Phi) is 11.7. The lowest BCUT2D eigenvalue weighted by atomic mass is 9.99. The van der Waals surface area contributed by atoms with Crippen molar-refractivity contribution in [1.82, 2.24) is 19.1 Å². The van der Waals surface area contributed by atoms with Crippen molar-refractivity contribution >= 4 is 88.8 Å². The molecular weight excluding hydrogens is 949 g/mol. The topological polar surface area (TPSA) is 42.1 Å². The van der Waals surface area contributed by atoms with E-state index in [4.69, 9.17) is 9.97 Å². The fourth-order valence-electron chi connectivity index (χ4n) is 11.7. The van der Waals surface area contributed by atoms with E-state index in [2.05, 4.69) is 300 Å². The fourth-order valence-corrected chi connectivity index (χ4v) is 11.7. The molecule has 0 aliphatic rings. The first-order valence-electron chi connectivity index (χ1n) is 27.0. The van der Waals surface area contributed by atoms with Crippen molar-refractivity contribution in [2.24, 2.45) is 0 Å². The van der Waals surface area contributed by atoms with Gasteiger partial charge in [-0.3, -0.25) is 0 Å². The Balaban J connectivity index is 0.883. The Hall–Kier alpha value is -10.0. The first-order chi connectivity index (χ1) is 38.6. The highest BCUT2D eigenvalue weighted by atomic mass is 15.1. The second-order valence-corrected chi connectivity index (χ2v) is 19.9. The number of benzene rings is 11. The third kappa shape index (κ3) is 7.96. The summed E-state index contributed by atoms with van der Waals surface area (Å²) in [6.45, 7) is 4.41. The van der Waals surface area contributed by atoms with Crippen molar-refractivity contribution in [3.8, 4) is 33.9 Å². The van der Waals surface area contributed by atoms with E-state index in [1.54, 1.807) is 0 Å². The minimum Gasteiger partial charge on any atom is -0.310 e. The molecule has 372 valence electrons. The summed E-state index contributed by atoms with van der Waals surface area (Å²) in [7, 11) is 0. The van der Waals surface area contributed by atoms with Crippen LogP contribution in [0.1, 0.15) is 25.0 Å². The minimum atomic E-state index is 0.853. The molecule has 0 aliphatic carbocycles. The smallest absolute Gasteiger partial charge is 0.0973 e. The molecule has 6 nitrogen and oxygen atoms in total. The van der Waals surface area contributed by atoms with Gasteiger partial charge in [-0.15, -0.1) is 0 Å². The molecule has 3 aromatic heterocycles. The van der Waals surface area contributed by atoms with Crippen molar-refractivity contribution in [3.05, 3.63) is 278 Å². The molecule has 11 aromatic carbocycles. The number of rotatable bonds is 12. The van der Waals surface area contributed by atoms with Crippen molar-refractivity contribution < 1.29 is 0 Å². The van der Waals surface area contributed by atoms with Gasteiger partial charge in [0, 0.05) is 78.2 Å². The fraction of sp³-hybridized carbons (Fsp3) is 0.0556. The molecule has 0 saturated heterocycles. The third-order valence-corrected chi connectivity index (χ3v) is 15.4. The van der Waals surface area contributed by atoms with E-state index in [9.17, 15) is 0 Å². The van der Waals surface area contributed by atoms with Crippen LogP contribution in [0.3, 0.4) is 0 Å². The Labute approximate surface area is 454 Å². The van der Waals surface area contributed by atoms with Crippen LogP contribution in [0.4, 0.5) is 34.1 Å². The number of hydrogen-bond acceptors (Lipinski definition) is 4. The summed E-state index contributed by atoms with van der Waals surface area (Å²) < 4.78 is 4.73. The van der Waals surface area contributed by atoms with Gasteiger partial charge in [0.25, 0.3) is 0 Å². The highest BCUT2D eigenvalue weighted by Gasteiger charge is 2.22. The average molecular weight is 1000 g/mol. The van der Waals surface area contributed by atoms with Gasteiger partial charge in [-0.05, 0) is 145 Å². The summed E-state index contributed by atoms with van der Waals surface area (Å²) in [4.78, 5) is 15.9. The maximum absolute atomic E-state index is 5.62. The van der Waals surface area contributed by atoms with Gasteiger partial charge >= 0.3 is 0 Å². The first-order valence-corrected chi connectivity index (χ1v) is 27.0. The number of aryl methyl sites for hydroxylation is 2. The van der Waals surface area contributed by atoms with E-state index in [1.807, 2.05) is 0 Å². The van der Waals surface area contributed by atoms with Crippen molar-refractivity contribution in [2.75, 3.05) is 9.80 Å². The predicted molar refractivity (Wildman–Crippen MR) is 327 cm³/mol. The number of fused-ring (bicyclic) bond motifs is 7. The minimum absolute atomic E-state index is 0.853. The lowest BCUT2D eigenvalue weighted by Gasteiger charge is -2.26. The number of anilines is 6. The largest absolute Gasteiger partial charge is 0.310 e. The molecule has 0 radical (unpaired) electrons. The molecule has 0 amide bonds. The summed E-state index contributed by atoms with van der Waals surface area (Å²) in [6, 6.07) is 96.0. The van der Waals surface area contributed by atoms with Crippen molar-refractivity contribution in [2.45, 2.75) is 26.7 Å². The van der Waals surface area contributed by atoms with E-state index in [0.29, 0.717) is 0 Å². The van der Waals surface area contributed by atoms with E-state index in [-0.39, 0.29) is 0 Å². The third-order valence-electron chi connectivity index (χ3n) is 15.4. The number of aromatic nitrogens is 4. The molecule has 14 aromatic rings. The van der Waals surface area contributed by atoms with Gasteiger partial charge < -0.3 is 18.9 Å². The van der Waals surface area contributed by atoms with Crippen LogP contribution in [-0.4, -0.2) is 19.1 Å². The van der Waals surface area contributed by atoms with Crippen molar-refractivity contribution in [3.63, 3.8) is 0 Å². The SMILES string of the molecule is CCc1ccc(CC)c2nc(-c3ccc(N(c4ccccc4)c4ccc5c(c4)c4ccccc4n5-c4ccccc4)cc3)c(-c3ccc(N(c4ccccc4)c4ccc5c(c4)c4ccccc4n5-c4ccccc4)cc3)nc12. The van der Waals surface area contributed by atoms with Gasteiger partial charge in [-0.2, -0.15) is 0 Å². The molecule has 0 spiro atoms. The van der Waals surface area contributed by atoms with Crippen molar-refractivity contribution in [1.29, 1.82) is 0 Å². The van der Waals surface area contributed by atoms with Crippen LogP contribution < -0.4 is 9.80 Å². The van der Waals surface area contributed by atoms with Gasteiger partial charge in [0.1, 0.15) is 0 Å². The maximum atomic E-state index is 5.62. The number of hydrogen-bond donors (Lipinski definition) is 0. The second-order valence-electron chi connectivity index (χ2n) is 19.9. The summed E-state index contributed by atoms with van der Waals surface area (Å²) in [5.41, 5.74) is 21.4. The van der Waals surface area contributed by atoms with Gasteiger partial charge in [0.15, 0.2) is 0 Å². The number of para-hydroxylation sites is 6. The van der Waals surface area contributed by atoms with E-state index in [1.165, 1.54) is 54.7 Å². The molecule has 0 N–H and O–H groups in total. The zero-order valence-electron chi connectivity index (χ0n) is 43.5. The van der Waals surface area contributed by atoms with E-state index in [0.717, 1.165) is 91.9 Å². The normalized spacial score (nSPS) is 11.6. The zero-order chi connectivity index (χ0) is 52.1. The molecule has 0 fully saturated rings. The van der Waals surface area contributed by atoms with E-state index >= 15 is 0 Å². The molecule has 0 atom stereocenters. The zero-order valence-corrected chi connectivity index (χ0v) is 43.5. The monoisotopic (exact) mass is 1000 g/mol. The highest BCUT2D eigenvalue weighted by molar-refractivity contribution is 6.12. The van der Waals surface area contributed by atoms with Crippen LogP contribution in [0.5, 0.6) is 0 Å². The first kappa shape index (κ1) is 46.5. The van der Waals surface area contributed by atoms with Gasteiger partial charge in [-0.1, -0.05) is 159 Å². The van der Waals surface area contributed by atoms with E-state index < -0.39 is 0 Å². The van der Waals surface area contributed by atoms with Gasteiger partial charge in [-0.25, -0.2) is 9.97 Å². The summed E-state index contributed by atoms with van der Waals surface area (Å²) >= 11 is 0. The predicted octanol–water partition coefficient (Wildman–Crippen LogP) is 19.2. The lowest BCUT2D eigenvalue weighted by molar-refractivity contribution is 1.10. The Morgan fingerprint density at radius 2 is 0.615 bits per heavy atom. The highest BCUT2D eigenvalue weighted by Crippen LogP contribution is 2.44. The molecule has 6 heteroatoms. The van der Waals surface area contributed by atoms with Crippen LogP contribution in [0.2, 0.25) is 0 Å². The summed E-state index contributed by atoms with van der Waals surface area (Å²) in [5, 5.41) is 4.83. The van der Waals surface area contributed by atoms with Gasteiger partial charge in [0.05, 0.1) is 44.5 Å². The Bertz CT molecular complexity index is 4200. The molecule has 0 aliphatic heterocycles. The molecule has 0 bridgehead atoms. The van der Waals surface area contributed by atoms with Crippen LogP contribution in [0.25, 0.3) is 88.5 Å².